The molecule has 8 heteroatoms. The molecule has 0 aliphatic rings. The Bertz CT molecular complexity index is 854. The topological polar surface area (TPSA) is 80.9 Å². The number of carbonyl (C=O) groups is 1. The third-order valence-electron chi connectivity index (χ3n) is 3.18. The molecule has 0 saturated carbocycles. The molecule has 1 amide bonds. The number of hydrogen-bond donors (Lipinski definition) is 1. The van der Waals surface area contributed by atoms with E-state index in [0.717, 1.165) is 5.56 Å². The second kappa shape index (κ2) is 7.18. The highest BCUT2D eigenvalue weighted by molar-refractivity contribution is 6.30. The number of halogens is 2. The largest absolute Gasteiger partial charge is 0.420 e. The van der Waals surface area contributed by atoms with Gasteiger partial charge in [0.15, 0.2) is 0 Å². The van der Waals surface area contributed by atoms with Crippen molar-refractivity contribution in [3.8, 4) is 11.5 Å². The normalized spacial score (nSPS) is 10.6. The van der Waals surface area contributed by atoms with Gasteiger partial charge in [0.25, 0.3) is 0 Å². The standard InChI is InChI=1S/C16H12ClFN4O2/c17-12-7-10(1-2-13(12)18)9-20-14(23)8-15-21-22-16(24-15)11-3-5-19-6-4-11/h1-7H,8-9H2,(H,20,23). The molecule has 2 heterocycles. The predicted molar refractivity (Wildman–Crippen MR) is 84.5 cm³/mol. The van der Waals surface area contributed by atoms with Crippen LogP contribution in [0.25, 0.3) is 11.5 Å². The maximum atomic E-state index is 13.1. The quantitative estimate of drug-likeness (QED) is 0.768. The Labute approximate surface area is 141 Å². The molecule has 1 aromatic carbocycles. The average Bonchev–Trinajstić information content (AvgIpc) is 3.05. The van der Waals surface area contributed by atoms with Crippen LogP contribution in [0.2, 0.25) is 5.02 Å². The lowest BCUT2D eigenvalue weighted by molar-refractivity contribution is -0.120. The van der Waals surface area contributed by atoms with Crippen molar-refractivity contribution >= 4 is 17.5 Å². The van der Waals surface area contributed by atoms with Gasteiger partial charge in [-0.05, 0) is 29.8 Å². The summed E-state index contributed by atoms with van der Waals surface area (Å²) >= 11 is 5.69. The van der Waals surface area contributed by atoms with Crippen molar-refractivity contribution in [2.24, 2.45) is 0 Å². The summed E-state index contributed by atoms with van der Waals surface area (Å²) in [5.41, 5.74) is 1.42. The molecule has 24 heavy (non-hydrogen) atoms. The summed E-state index contributed by atoms with van der Waals surface area (Å²) in [5.74, 6) is -0.261. The van der Waals surface area contributed by atoms with Crippen molar-refractivity contribution in [3.63, 3.8) is 0 Å². The van der Waals surface area contributed by atoms with Crippen LogP contribution < -0.4 is 5.32 Å². The molecule has 122 valence electrons. The summed E-state index contributed by atoms with van der Waals surface area (Å²) < 4.78 is 18.5. The van der Waals surface area contributed by atoms with Gasteiger partial charge in [0.1, 0.15) is 12.2 Å². The molecule has 3 aromatic rings. The molecule has 6 nitrogen and oxygen atoms in total. The van der Waals surface area contributed by atoms with E-state index in [4.69, 9.17) is 16.0 Å². The average molecular weight is 347 g/mol. The van der Waals surface area contributed by atoms with E-state index in [9.17, 15) is 9.18 Å². The molecule has 3 rings (SSSR count). The highest BCUT2D eigenvalue weighted by atomic mass is 35.5. The third-order valence-corrected chi connectivity index (χ3v) is 3.47. The van der Waals surface area contributed by atoms with Crippen molar-refractivity contribution in [3.05, 3.63) is 65.0 Å². The SMILES string of the molecule is O=C(Cc1nnc(-c2ccncc2)o1)NCc1ccc(F)c(Cl)c1. The number of nitrogens with one attached hydrogen (secondary N) is 1. The predicted octanol–water partition coefficient (Wildman–Crippen LogP) is 2.78. The van der Waals surface area contributed by atoms with Gasteiger partial charge in [-0.25, -0.2) is 4.39 Å². The third kappa shape index (κ3) is 3.94. The van der Waals surface area contributed by atoms with Gasteiger partial charge in [-0.15, -0.1) is 10.2 Å². The molecule has 0 bridgehead atoms. The van der Waals surface area contributed by atoms with E-state index < -0.39 is 5.82 Å². The number of rotatable bonds is 5. The Kier molecular flexibility index (Phi) is 4.81. The molecule has 1 N–H and O–H groups in total. The highest BCUT2D eigenvalue weighted by Gasteiger charge is 2.12. The Morgan fingerprint density at radius 2 is 2.00 bits per heavy atom. The van der Waals surface area contributed by atoms with Crippen molar-refractivity contribution in [1.29, 1.82) is 0 Å². The minimum atomic E-state index is -0.499. The molecule has 0 fully saturated rings. The number of hydrogen-bond acceptors (Lipinski definition) is 5. The van der Waals surface area contributed by atoms with Crippen molar-refractivity contribution in [2.75, 3.05) is 0 Å². The smallest absolute Gasteiger partial charge is 0.247 e. The van der Waals surface area contributed by atoms with Crippen molar-refractivity contribution in [1.82, 2.24) is 20.5 Å². The minimum Gasteiger partial charge on any atom is -0.420 e. The van der Waals surface area contributed by atoms with Gasteiger partial charge in [0.05, 0.1) is 5.02 Å². The van der Waals surface area contributed by atoms with Crippen LogP contribution in [0.4, 0.5) is 4.39 Å². The maximum absolute atomic E-state index is 13.1. The summed E-state index contributed by atoms with van der Waals surface area (Å²) in [6, 6.07) is 7.73. The van der Waals surface area contributed by atoms with Gasteiger partial charge in [-0.1, -0.05) is 17.7 Å². The van der Waals surface area contributed by atoms with Crippen LogP contribution >= 0.6 is 11.6 Å². The number of carbonyl (C=O) groups excluding carboxylic acids is 1. The van der Waals surface area contributed by atoms with Crippen LogP contribution in [0.1, 0.15) is 11.5 Å². The lowest BCUT2D eigenvalue weighted by Crippen LogP contribution is -2.24. The van der Waals surface area contributed by atoms with Crippen molar-refractivity contribution in [2.45, 2.75) is 13.0 Å². The van der Waals surface area contributed by atoms with Gasteiger partial charge in [0.2, 0.25) is 17.7 Å². The maximum Gasteiger partial charge on any atom is 0.247 e. The first kappa shape index (κ1) is 16.1. The van der Waals surface area contributed by atoms with E-state index in [0.29, 0.717) is 11.5 Å². The zero-order valence-corrected chi connectivity index (χ0v) is 13.1. The van der Waals surface area contributed by atoms with Crippen LogP contribution in [0.5, 0.6) is 0 Å². The molecular formula is C16H12ClFN4O2. The van der Waals surface area contributed by atoms with Gasteiger partial charge in [-0.3, -0.25) is 9.78 Å². The minimum absolute atomic E-state index is 0.0145. The lowest BCUT2D eigenvalue weighted by Gasteiger charge is -2.04. The Balaban J connectivity index is 1.57. The number of nitrogens with zero attached hydrogens (tertiary/aromatic N) is 3. The van der Waals surface area contributed by atoms with Crippen LogP contribution in [0, 0.1) is 5.82 Å². The number of aromatic nitrogens is 3. The molecule has 0 aliphatic carbocycles. The molecule has 0 unspecified atom stereocenters. The zero-order chi connectivity index (χ0) is 16.9. The second-order valence-corrected chi connectivity index (χ2v) is 5.35. The molecule has 0 aliphatic heterocycles. The summed E-state index contributed by atoms with van der Waals surface area (Å²) in [5, 5.41) is 10.4. The van der Waals surface area contributed by atoms with Gasteiger partial charge in [-0.2, -0.15) is 0 Å². The molecule has 0 spiro atoms. The fraction of sp³-hybridized carbons (Fsp3) is 0.125. The van der Waals surface area contributed by atoms with Crippen LogP contribution in [-0.4, -0.2) is 21.1 Å². The summed E-state index contributed by atoms with van der Waals surface area (Å²) in [4.78, 5) is 15.8. The molecule has 0 saturated heterocycles. The van der Waals surface area contributed by atoms with E-state index in [1.165, 1.54) is 12.1 Å². The fourth-order valence-electron chi connectivity index (χ4n) is 1.99. The second-order valence-electron chi connectivity index (χ2n) is 4.94. The molecule has 0 radical (unpaired) electrons. The lowest BCUT2D eigenvalue weighted by atomic mass is 10.2. The van der Waals surface area contributed by atoms with E-state index in [2.05, 4.69) is 20.5 Å². The Hall–Kier alpha value is -2.80. The fourth-order valence-corrected chi connectivity index (χ4v) is 2.19. The zero-order valence-electron chi connectivity index (χ0n) is 12.4. The highest BCUT2D eigenvalue weighted by Crippen LogP contribution is 2.17. The summed E-state index contributed by atoms with van der Waals surface area (Å²) in [7, 11) is 0. The van der Waals surface area contributed by atoms with E-state index in [-0.39, 0.29) is 29.8 Å². The van der Waals surface area contributed by atoms with Crippen LogP contribution in [-0.2, 0) is 17.8 Å². The van der Waals surface area contributed by atoms with Crippen LogP contribution in [0.15, 0.2) is 47.1 Å². The van der Waals surface area contributed by atoms with E-state index >= 15 is 0 Å². The summed E-state index contributed by atoms with van der Waals surface area (Å²) in [6.45, 7) is 0.226. The number of amides is 1. The van der Waals surface area contributed by atoms with Crippen molar-refractivity contribution < 1.29 is 13.6 Å². The Morgan fingerprint density at radius 3 is 2.75 bits per heavy atom. The number of benzene rings is 1. The first-order chi connectivity index (χ1) is 11.6. The first-order valence-corrected chi connectivity index (χ1v) is 7.43. The van der Waals surface area contributed by atoms with E-state index in [1.807, 2.05) is 0 Å². The van der Waals surface area contributed by atoms with Gasteiger partial charge < -0.3 is 9.73 Å². The van der Waals surface area contributed by atoms with Gasteiger partial charge in [0, 0.05) is 24.5 Å². The molecule has 2 aromatic heterocycles. The van der Waals surface area contributed by atoms with E-state index in [1.54, 1.807) is 30.6 Å². The Morgan fingerprint density at radius 1 is 1.21 bits per heavy atom. The molecular weight excluding hydrogens is 335 g/mol. The number of pyridine rings is 1. The first-order valence-electron chi connectivity index (χ1n) is 7.05. The summed E-state index contributed by atoms with van der Waals surface area (Å²) in [6.07, 6.45) is 3.17. The monoisotopic (exact) mass is 346 g/mol. The van der Waals surface area contributed by atoms with Crippen LogP contribution in [0.3, 0.4) is 0 Å². The molecule has 0 atom stereocenters. The van der Waals surface area contributed by atoms with Gasteiger partial charge >= 0.3 is 0 Å².